The Morgan fingerprint density at radius 3 is 2.80 bits per heavy atom. The summed E-state index contributed by atoms with van der Waals surface area (Å²) >= 11 is 0. The quantitative estimate of drug-likeness (QED) is 0.873. The Kier molecular flexibility index (Phi) is 5.21. The van der Waals surface area contributed by atoms with Crippen molar-refractivity contribution in [2.24, 2.45) is 5.92 Å². The number of piperidine rings is 1. The van der Waals surface area contributed by atoms with E-state index in [0.717, 1.165) is 12.1 Å². The molecule has 134 valence electrons. The van der Waals surface area contributed by atoms with Crippen molar-refractivity contribution < 1.29 is 24.2 Å². The van der Waals surface area contributed by atoms with E-state index in [1.54, 1.807) is 28.0 Å². The van der Waals surface area contributed by atoms with E-state index in [1.807, 2.05) is 6.07 Å². The number of hydrogen-bond donors (Lipinski definition) is 1. The van der Waals surface area contributed by atoms with Gasteiger partial charge in [-0.25, -0.2) is 0 Å². The Morgan fingerprint density at radius 1 is 1.24 bits per heavy atom. The van der Waals surface area contributed by atoms with Gasteiger partial charge in [0.1, 0.15) is 5.75 Å². The molecule has 0 radical (unpaired) electrons. The van der Waals surface area contributed by atoms with E-state index in [0.29, 0.717) is 38.1 Å². The molecule has 2 saturated heterocycles. The molecule has 2 fully saturated rings. The average Bonchev–Trinajstić information content (AvgIpc) is 3.06. The Labute approximate surface area is 146 Å². The fourth-order valence-corrected chi connectivity index (χ4v) is 3.30. The van der Waals surface area contributed by atoms with Crippen LogP contribution in [0, 0.1) is 5.92 Å². The highest BCUT2D eigenvalue weighted by Crippen LogP contribution is 2.25. The van der Waals surface area contributed by atoms with Gasteiger partial charge in [0.15, 0.2) is 6.61 Å². The van der Waals surface area contributed by atoms with E-state index in [4.69, 9.17) is 9.84 Å². The lowest BCUT2D eigenvalue weighted by Gasteiger charge is -2.30. The summed E-state index contributed by atoms with van der Waals surface area (Å²) in [7, 11) is 0. The van der Waals surface area contributed by atoms with Crippen LogP contribution in [0.3, 0.4) is 0 Å². The maximum Gasteiger partial charge on any atom is 0.308 e. The number of nitrogens with zero attached hydrogens (tertiary/aromatic N) is 2. The number of carboxylic acids is 1. The van der Waals surface area contributed by atoms with Crippen LogP contribution in [0.25, 0.3) is 0 Å². The molecule has 1 aromatic rings. The number of likely N-dealkylation sites (tertiary alicyclic amines) is 1. The van der Waals surface area contributed by atoms with Crippen LogP contribution in [0.5, 0.6) is 5.75 Å². The molecule has 2 aliphatic heterocycles. The second-order valence-electron chi connectivity index (χ2n) is 6.45. The fraction of sp³-hybridized carbons (Fsp3) is 0.500. The first kappa shape index (κ1) is 17.3. The Bertz CT molecular complexity index is 675. The molecular formula is C18H22N2O5. The first-order valence-corrected chi connectivity index (χ1v) is 8.58. The minimum atomic E-state index is -0.860. The van der Waals surface area contributed by atoms with E-state index < -0.39 is 11.9 Å². The first-order valence-electron chi connectivity index (χ1n) is 8.58. The predicted molar refractivity (Wildman–Crippen MR) is 90.5 cm³/mol. The predicted octanol–water partition coefficient (Wildman–Crippen LogP) is 1.52. The van der Waals surface area contributed by atoms with Crippen LogP contribution in [0.1, 0.15) is 25.7 Å². The van der Waals surface area contributed by atoms with Crippen LogP contribution in [0.2, 0.25) is 0 Å². The number of ether oxygens (including phenoxy) is 1. The molecule has 1 atom stereocenters. The van der Waals surface area contributed by atoms with Crippen LogP contribution < -0.4 is 9.64 Å². The molecule has 0 aromatic heterocycles. The van der Waals surface area contributed by atoms with Gasteiger partial charge in [-0.3, -0.25) is 14.4 Å². The molecule has 1 N–H and O–H groups in total. The summed E-state index contributed by atoms with van der Waals surface area (Å²) in [5.41, 5.74) is 0.774. The van der Waals surface area contributed by atoms with Crippen molar-refractivity contribution in [3.05, 3.63) is 24.3 Å². The number of carbonyl (C=O) groups excluding carboxylic acids is 2. The van der Waals surface area contributed by atoms with Crippen molar-refractivity contribution in [1.82, 2.24) is 4.90 Å². The van der Waals surface area contributed by atoms with Crippen LogP contribution in [-0.4, -0.2) is 54.0 Å². The maximum absolute atomic E-state index is 12.3. The molecule has 0 unspecified atom stereocenters. The molecule has 2 aliphatic rings. The summed E-state index contributed by atoms with van der Waals surface area (Å²) in [6.45, 7) is 1.36. The molecule has 1 aromatic carbocycles. The normalized spacial score (nSPS) is 20.6. The standard InChI is InChI=1S/C18H22N2O5/c21-16-7-3-9-20(16)14-5-1-6-15(10-14)25-12-17(22)19-8-2-4-13(11-19)18(23)24/h1,5-6,10,13H,2-4,7-9,11-12H2,(H,23,24)/t13-/m0/s1. The third-order valence-electron chi connectivity index (χ3n) is 4.69. The number of benzene rings is 1. The summed E-state index contributed by atoms with van der Waals surface area (Å²) in [6, 6.07) is 7.14. The largest absolute Gasteiger partial charge is 0.484 e. The van der Waals surface area contributed by atoms with Crippen LogP contribution >= 0.6 is 0 Å². The van der Waals surface area contributed by atoms with Gasteiger partial charge in [0.25, 0.3) is 5.91 Å². The van der Waals surface area contributed by atoms with Gasteiger partial charge < -0.3 is 19.6 Å². The van der Waals surface area contributed by atoms with E-state index in [-0.39, 0.29) is 25.0 Å². The molecule has 0 bridgehead atoms. The second kappa shape index (κ2) is 7.55. The topological polar surface area (TPSA) is 87.2 Å². The summed E-state index contributed by atoms with van der Waals surface area (Å²) in [6.07, 6.45) is 2.70. The zero-order chi connectivity index (χ0) is 17.8. The molecule has 0 aliphatic carbocycles. The molecule has 0 spiro atoms. The van der Waals surface area contributed by atoms with E-state index in [9.17, 15) is 14.4 Å². The van der Waals surface area contributed by atoms with Gasteiger partial charge in [-0.05, 0) is 31.4 Å². The molecule has 0 saturated carbocycles. The fourth-order valence-electron chi connectivity index (χ4n) is 3.30. The van der Waals surface area contributed by atoms with Crippen LogP contribution in [0.15, 0.2) is 24.3 Å². The molecule has 7 nitrogen and oxygen atoms in total. The van der Waals surface area contributed by atoms with Crippen molar-refractivity contribution in [3.8, 4) is 5.75 Å². The second-order valence-corrected chi connectivity index (χ2v) is 6.45. The number of carboxylic acid groups (broad SMARTS) is 1. The van der Waals surface area contributed by atoms with Crippen molar-refractivity contribution >= 4 is 23.5 Å². The van der Waals surface area contributed by atoms with Gasteiger partial charge >= 0.3 is 5.97 Å². The van der Waals surface area contributed by atoms with Gasteiger partial charge in [0, 0.05) is 37.8 Å². The lowest BCUT2D eigenvalue weighted by Crippen LogP contribution is -2.44. The number of carbonyl (C=O) groups is 3. The number of hydrogen-bond acceptors (Lipinski definition) is 4. The number of amides is 2. The third-order valence-corrected chi connectivity index (χ3v) is 4.69. The molecule has 3 rings (SSSR count). The summed E-state index contributed by atoms with van der Waals surface area (Å²) in [5, 5.41) is 9.10. The smallest absolute Gasteiger partial charge is 0.308 e. The highest BCUT2D eigenvalue weighted by molar-refractivity contribution is 5.95. The summed E-state index contributed by atoms with van der Waals surface area (Å²) in [5.74, 6) is -0.948. The number of rotatable bonds is 5. The van der Waals surface area contributed by atoms with Gasteiger partial charge in [0.05, 0.1) is 5.92 Å². The number of aliphatic carboxylic acids is 1. The van der Waals surface area contributed by atoms with Crippen molar-refractivity contribution in [2.75, 3.05) is 31.1 Å². The van der Waals surface area contributed by atoms with Crippen molar-refractivity contribution in [3.63, 3.8) is 0 Å². The summed E-state index contributed by atoms with van der Waals surface area (Å²) < 4.78 is 5.58. The summed E-state index contributed by atoms with van der Waals surface area (Å²) in [4.78, 5) is 38.5. The minimum absolute atomic E-state index is 0.0984. The molecule has 2 amide bonds. The lowest BCUT2D eigenvalue weighted by molar-refractivity contribution is -0.146. The number of anilines is 1. The molecule has 7 heteroatoms. The van der Waals surface area contributed by atoms with E-state index >= 15 is 0 Å². The highest BCUT2D eigenvalue weighted by Gasteiger charge is 2.28. The highest BCUT2D eigenvalue weighted by atomic mass is 16.5. The van der Waals surface area contributed by atoms with Gasteiger partial charge in [-0.1, -0.05) is 6.07 Å². The maximum atomic E-state index is 12.3. The Hall–Kier alpha value is -2.57. The van der Waals surface area contributed by atoms with Crippen molar-refractivity contribution in [1.29, 1.82) is 0 Å². The molecule has 25 heavy (non-hydrogen) atoms. The average molecular weight is 346 g/mol. The van der Waals surface area contributed by atoms with Gasteiger partial charge in [-0.2, -0.15) is 0 Å². The Morgan fingerprint density at radius 2 is 2.08 bits per heavy atom. The van der Waals surface area contributed by atoms with Crippen LogP contribution in [0.4, 0.5) is 5.69 Å². The van der Waals surface area contributed by atoms with Gasteiger partial charge in [-0.15, -0.1) is 0 Å². The SMILES string of the molecule is O=C(O)[C@H]1CCCN(C(=O)COc2cccc(N3CCCC3=O)c2)C1. The molecule has 2 heterocycles. The minimum Gasteiger partial charge on any atom is -0.484 e. The third kappa shape index (κ3) is 4.10. The van der Waals surface area contributed by atoms with E-state index in [2.05, 4.69) is 0 Å². The van der Waals surface area contributed by atoms with E-state index in [1.165, 1.54) is 0 Å². The first-order chi connectivity index (χ1) is 12.0. The Balaban J connectivity index is 1.57. The lowest BCUT2D eigenvalue weighted by atomic mass is 9.98. The zero-order valence-electron chi connectivity index (χ0n) is 14.0. The molecular weight excluding hydrogens is 324 g/mol. The van der Waals surface area contributed by atoms with Crippen molar-refractivity contribution in [2.45, 2.75) is 25.7 Å². The monoisotopic (exact) mass is 346 g/mol. The van der Waals surface area contributed by atoms with Gasteiger partial charge in [0.2, 0.25) is 5.91 Å². The zero-order valence-corrected chi connectivity index (χ0v) is 14.0. The van der Waals surface area contributed by atoms with Crippen LogP contribution in [-0.2, 0) is 14.4 Å².